The number of imidazole rings is 1. The predicted molar refractivity (Wildman–Crippen MR) is 118 cm³/mol. The molecule has 10 heteroatoms. The lowest BCUT2D eigenvalue weighted by Crippen LogP contribution is -2.09. The average molecular weight is 458 g/mol. The van der Waals surface area contributed by atoms with E-state index in [-0.39, 0.29) is 5.75 Å². The Morgan fingerprint density at radius 2 is 1.91 bits per heavy atom. The summed E-state index contributed by atoms with van der Waals surface area (Å²) in [6.07, 6.45) is 4.73. The highest BCUT2D eigenvalue weighted by molar-refractivity contribution is 7.92. The van der Waals surface area contributed by atoms with Gasteiger partial charge in [-0.2, -0.15) is 8.78 Å². The van der Waals surface area contributed by atoms with Gasteiger partial charge in [-0.25, -0.2) is 13.4 Å². The fourth-order valence-electron chi connectivity index (χ4n) is 3.46. The highest BCUT2D eigenvalue weighted by Gasteiger charge is 2.15. The van der Waals surface area contributed by atoms with Gasteiger partial charge in [0.25, 0.3) is 0 Å². The highest BCUT2D eigenvalue weighted by atomic mass is 32.2. The Morgan fingerprint density at radius 1 is 1.12 bits per heavy atom. The van der Waals surface area contributed by atoms with E-state index < -0.39 is 16.6 Å². The van der Waals surface area contributed by atoms with Crippen LogP contribution in [0.3, 0.4) is 0 Å². The normalized spacial score (nSPS) is 11.8. The molecule has 4 rings (SSSR count). The fraction of sp³-hybridized carbons (Fsp3) is 0.182. The largest absolute Gasteiger partial charge is 0.435 e. The van der Waals surface area contributed by atoms with Gasteiger partial charge in [0.1, 0.15) is 11.4 Å². The number of sulfonamides is 1. The average Bonchev–Trinajstić information content (AvgIpc) is 3.03. The molecule has 0 spiro atoms. The summed E-state index contributed by atoms with van der Waals surface area (Å²) in [6, 6.07) is 13.7. The lowest BCUT2D eigenvalue weighted by Gasteiger charge is -2.11. The molecule has 0 saturated carbocycles. The van der Waals surface area contributed by atoms with E-state index in [9.17, 15) is 17.2 Å². The van der Waals surface area contributed by atoms with Crippen LogP contribution in [0.1, 0.15) is 17.0 Å². The van der Waals surface area contributed by atoms with Crippen LogP contribution in [0.25, 0.3) is 16.9 Å². The van der Waals surface area contributed by atoms with Gasteiger partial charge in [0, 0.05) is 29.4 Å². The van der Waals surface area contributed by atoms with Gasteiger partial charge in [0.05, 0.1) is 29.5 Å². The van der Waals surface area contributed by atoms with Gasteiger partial charge in [-0.3, -0.25) is 9.71 Å². The molecule has 0 bridgehead atoms. The first kappa shape index (κ1) is 21.7. The number of para-hydroxylation sites is 1. The van der Waals surface area contributed by atoms with E-state index in [2.05, 4.69) is 19.4 Å². The Hall–Kier alpha value is -3.53. The smallest absolute Gasteiger partial charge is 0.387 e. The third-order valence-corrected chi connectivity index (χ3v) is 5.43. The second-order valence-electron chi connectivity index (χ2n) is 7.26. The lowest BCUT2D eigenvalue weighted by molar-refractivity contribution is -0.0503. The van der Waals surface area contributed by atoms with Crippen molar-refractivity contribution < 1.29 is 21.9 Å². The summed E-state index contributed by atoms with van der Waals surface area (Å²) >= 11 is 0. The van der Waals surface area contributed by atoms with Crippen LogP contribution in [0.5, 0.6) is 5.75 Å². The summed E-state index contributed by atoms with van der Waals surface area (Å²) in [5.74, 6) is 0.128. The molecule has 0 aliphatic rings. The first-order chi connectivity index (χ1) is 15.2. The number of rotatable bonds is 7. The van der Waals surface area contributed by atoms with Crippen molar-refractivity contribution >= 4 is 21.4 Å². The van der Waals surface area contributed by atoms with Crippen molar-refractivity contribution in [2.75, 3.05) is 11.0 Å². The summed E-state index contributed by atoms with van der Waals surface area (Å²) in [7, 11) is -3.39. The van der Waals surface area contributed by atoms with Crippen LogP contribution in [-0.2, 0) is 16.4 Å². The molecular formula is C22H20F2N4O3S. The maximum atomic E-state index is 12.8. The summed E-state index contributed by atoms with van der Waals surface area (Å²) in [5.41, 5.74) is 4.74. The van der Waals surface area contributed by atoms with E-state index >= 15 is 0 Å². The van der Waals surface area contributed by atoms with Crippen LogP contribution in [0, 0.1) is 6.92 Å². The zero-order chi connectivity index (χ0) is 22.9. The Kier molecular flexibility index (Phi) is 5.79. The highest BCUT2D eigenvalue weighted by Crippen LogP contribution is 2.27. The monoisotopic (exact) mass is 458 g/mol. The maximum absolute atomic E-state index is 12.8. The van der Waals surface area contributed by atoms with E-state index in [0.717, 1.165) is 23.2 Å². The minimum atomic E-state index is -3.39. The van der Waals surface area contributed by atoms with E-state index in [1.165, 1.54) is 12.3 Å². The number of alkyl halides is 2. The van der Waals surface area contributed by atoms with Crippen molar-refractivity contribution in [2.45, 2.75) is 20.0 Å². The number of nitrogens with zero attached hydrogens (tertiary/aromatic N) is 3. The number of fused-ring (bicyclic) bond motifs is 1. The van der Waals surface area contributed by atoms with Gasteiger partial charge in [0.2, 0.25) is 10.0 Å². The van der Waals surface area contributed by atoms with Gasteiger partial charge in [-0.05, 0) is 37.3 Å². The van der Waals surface area contributed by atoms with Crippen molar-refractivity contribution in [1.29, 1.82) is 0 Å². The second kappa shape index (κ2) is 8.54. The molecule has 1 aromatic carbocycles. The SMILES string of the molecule is Cc1nc2ccc(-c3ccc(NS(C)(=O)=O)cn3)cn2c1Cc1ccccc1OC(F)F. The molecule has 1 N–H and O–H groups in total. The predicted octanol–water partition coefficient (Wildman–Crippen LogP) is 4.27. The summed E-state index contributed by atoms with van der Waals surface area (Å²) in [5, 5.41) is 0. The lowest BCUT2D eigenvalue weighted by atomic mass is 10.1. The second-order valence-corrected chi connectivity index (χ2v) is 9.01. The number of aryl methyl sites for hydroxylation is 1. The van der Waals surface area contributed by atoms with Crippen LogP contribution in [-0.4, -0.2) is 35.7 Å². The maximum Gasteiger partial charge on any atom is 0.387 e. The minimum Gasteiger partial charge on any atom is -0.435 e. The van der Waals surface area contributed by atoms with E-state index in [1.807, 2.05) is 29.7 Å². The van der Waals surface area contributed by atoms with Crippen LogP contribution in [0.15, 0.2) is 60.9 Å². The van der Waals surface area contributed by atoms with E-state index in [1.54, 1.807) is 30.3 Å². The Balaban J connectivity index is 1.69. The molecule has 0 aliphatic heterocycles. The van der Waals surface area contributed by atoms with Crippen LogP contribution in [0.4, 0.5) is 14.5 Å². The topological polar surface area (TPSA) is 85.6 Å². The van der Waals surface area contributed by atoms with Crippen LogP contribution in [0.2, 0.25) is 0 Å². The van der Waals surface area contributed by atoms with Crippen LogP contribution < -0.4 is 9.46 Å². The van der Waals surface area contributed by atoms with E-state index in [4.69, 9.17) is 0 Å². The summed E-state index contributed by atoms with van der Waals surface area (Å²) in [6.45, 7) is -1.04. The molecule has 7 nitrogen and oxygen atoms in total. The van der Waals surface area contributed by atoms with Gasteiger partial charge in [-0.1, -0.05) is 18.2 Å². The molecule has 0 aliphatic carbocycles. The van der Waals surface area contributed by atoms with Gasteiger partial charge >= 0.3 is 6.61 Å². The Labute approximate surface area is 183 Å². The molecule has 0 saturated heterocycles. The molecule has 0 amide bonds. The van der Waals surface area contributed by atoms with Gasteiger partial charge in [-0.15, -0.1) is 0 Å². The number of halogens is 2. The molecule has 0 radical (unpaired) electrons. The Morgan fingerprint density at radius 3 is 2.59 bits per heavy atom. The molecule has 32 heavy (non-hydrogen) atoms. The number of ether oxygens (including phenoxy) is 1. The van der Waals surface area contributed by atoms with Crippen molar-refractivity contribution in [2.24, 2.45) is 0 Å². The quantitative estimate of drug-likeness (QED) is 0.447. The zero-order valence-electron chi connectivity index (χ0n) is 17.3. The zero-order valence-corrected chi connectivity index (χ0v) is 18.1. The number of nitrogens with one attached hydrogen (secondary N) is 1. The molecule has 0 unspecified atom stereocenters. The molecule has 3 aromatic heterocycles. The standard InChI is InChI=1S/C22H20F2N4O3S/c1-14-19(11-15-5-3-4-6-20(15)31-22(23)24)28-13-16(7-10-21(28)26-14)18-9-8-17(12-25-18)27-32(2,29)30/h3-10,12-13,22,27H,11H2,1-2H3. The van der Waals surface area contributed by atoms with Crippen molar-refractivity contribution in [1.82, 2.24) is 14.4 Å². The van der Waals surface area contributed by atoms with Crippen molar-refractivity contribution in [3.63, 3.8) is 0 Å². The number of hydrogen-bond donors (Lipinski definition) is 1. The Bertz CT molecular complexity index is 1370. The molecule has 166 valence electrons. The number of anilines is 1. The first-order valence-electron chi connectivity index (χ1n) is 9.64. The van der Waals surface area contributed by atoms with E-state index in [0.29, 0.717) is 29.0 Å². The summed E-state index contributed by atoms with van der Waals surface area (Å²) in [4.78, 5) is 8.91. The number of pyridine rings is 2. The van der Waals surface area contributed by atoms with Crippen LogP contribution >= 0.6 is 0 Å². The van der Waals surface area contributed by atoms with Gasteiger partial charge in [0.15, 0.2) is 0 Å². The van der Waals surface area contributed by atoms with Crippen molar-refractivity contribution in [3.05, 3.63) is 77.9 Å². The minimum absolute atomic E-state index is 0.128. The van der Waals surface area contributed by atoms with Gasteiger partial charge < -0.3 is 9.14 Å². The van der Waals surface area contributed by atoms with Crippen molar-refractivity contribution in [3.8, 4) is 17.0 Å². The third kappa shape index (κ3) is 4.86. The molecule has 3 heterocycles. The fourth-order valence-corrected chi connectivity index (χ4v) is 4.00. The molecule has 4 aromatic rings. The summed E-state index contributed by atoms with van der Waals surface area (Å²) < 4.78 is 57.3. The molecule has 0 atom stereocenters. The number of aromatic nitrogens is 3. The third-order valence-electron chi connectivity index (χ3n) is 4.83. The number of benzene rings is 1. The molecular weight excluding hydrogens is 438 g/mol. The molecule has 0 fully saturated rings. The number of hydrogen-bond acceptors (Lipinski definition) is 5. The first-order valence-corrected chi connectivity index (χ1v) is 11.5.